The van der Waals surface area contributed by atoms with Crippen LogP contribution in [0.5, 0.6) is 0 Å². The molecule has 0 aliphatic carbocycles. The van der Waals surface area contributed by atoms with Crippen LogP contribution in [0.1, 0.15) is 21.5 Å². The number of carboxylic acid groups (broad SMARTS) is 1. The van der Waals surface area contributed by atoms with Crippen LogP contribution in [0, 0.1) is 18.3 Å². The summed E-state index contributed by atoms with van der Waals surface area (Å²) in [4.78, 5) is 10.7. The van der Waals surface area contributed by atoms with Crippen LogP contribution in [0.15, 0.2) is 12.1 Å². The fraction of sp³-hybridized carbons (Fsp3) is 0.111. The molecule has 1 rings (SSSR count). The maximum atomic E-state index is 10.7. The van der Waals surface area contributed by atoms with Crippen LogP contribution in [0.2, 0.25) is 0 Å². The van der Waals surface area contributed by atoms with Crippen LogP contribution in [-0.4, -0.2) is 11.1 Å². The fourth-order valence-electron chi connectivity index (χ4n) is 1.04. The van der Waals surface area contributed by atoms with Gasteiger partial charge in [-0.2, -0.15) is 5.26 Å². The molecular formula is C9H8N2O2. The normalized spacial score (nSPS) is 9.23. The van der Waals surface area contributed by atoms with Crippen molar-refractivity contribution in [3.05, 3.63) is 28.8 Å². The number of anilines is 1. The largest absolute Gasteiger partial charge is 0.478 e. The zero-order valence-corrected chi connectivity index (χ0v) is 7.03. The first-order valence-corrected chi connectivity index (χ1v) is 3.59. The van der Waals surface area contributed by atoms with Gasteiger partial charge in [0.25, 0.3) is 0 Å². The fourth-order valence-corrected chi connectivity index (χ4v) is 1.04. The molecule has 1 aromatic rings. The molecule has 0 aromatic heterocycles. The van der Waals surface area contributed by atoms with Gasteiger partial charge in [0.1, 0.15) is 0 Å². The predicted octanol–water partition coefficient (Wildman–Crippen LogP) is 1.15. The molecule has 0 radical (unpaired) electrons. The summed E-state index contributed by atoms with van der Waals surface area (Å²) in [6.07, 6.45) is 0. The number of aryl methyl sites for hydroxylation is 1. The predicted molar refractivity (Wildman–Crippen MR) is 47.3 cm³/mol. The molecule has 0 heterocycles. The first-order valence-electron chi connectivity index (χ1n) is 3.59. The summed E-state index contributed by atoms with van der Waals surface area (Å²) in [5, 5.41) is 17.3. The molecule has 66 valence electrons. The summed E-state index contributed by atoms with van der Waals surface area (Å²) in [7, 11) is 0. The third-order valence-corrected chi connectivity index (χ3v) is 1.75. The van der Waals surface area contributed by atoms with Gasteiger partial charge in [-0.3, -0.25) is 0 Å². The van der Waals surface area contributed by atoms with Gasteiger partial charge in [0.15, 0.2) is 0 Å². The molecular weight excluding hydrogens is 168 g/mol. The van der Waals surface area contributed by atoms with Gasteiger partial charge < -0.3 is 10.8 Å². The Morgan fingerprint density at radius 2 is 2.23 bits per heavy atom. The van der Waals surface area contributed by atoms with Crippen LogP contribution in [-0.2, 0) is 0 Å². The van der Waals surface area contributed by atoms with E-state index in [2.05, 4.69) is 0 Å². The molecule has 0 bridgehead atoms. The van der Waals surface area contributed by atoms with Crippen LogP contribution in [0.25, 0.3) is 0 Å². The van der Waals surface area contributed by atoms with E-state index < -0.39 is 5.97 Å². The Labute approximate surface area is 75.2 Å². The van der Waals surface area contributed by atoms with Gasteiger partial charge in [0, 0.05) is 5.69 Å². The highest BCUT2D eigenvalue weighted by Gasteiger charge is 2.10. The van der Waals surface area contributed by atoms with E-state index >= 15 is 0 Å². The number of benzene rings is 1. The maximum absolute atomic E-state index is 10.7. The van der Waals surface area contributed by atoms with Gasteiger partial charge in [-0.1, -0.05) is 0 Å². The van der Waals surface area contributed by atoms with E-state index in [-0.39, 0.29) is 11.3 Å². The highest BCUT2D eigenvalue weighted by molar-refractivity contribution is 5.94. The number of nitrogens with two attached hydrogens (primary N) is 1. The van der Waals surface area contributed by atoms with Gasteiger partial charge in [-0.05, 0) is 24.6 Å². The maximum Gasteiger partial charge on any atom is 0.337 e. The van der Waals surface area contributed by atoms with Crippen LogP contribution in [0.4, 0.5) is 5.69 Å². The molecule has 3 N–H and O–H groups in total. The van der Waals surface area contributed by atoms with E-state index in [9.17, 15) is 4.79 Å². The first-order chi connectivity index (χ1) is 6.06. The number of carbonyl (C=O) groups is 1. The number of carboxylic acids is 1. The molecule has 0 aliphatic heterocycles. The minimum Gasteiger partial charge on any atom is -0.478 e. The zero-order valence-electron chi connectivity index (χ0n) is 7.03. The molecule has 4 heteroatoms. The lowest BCUT2D eigenvalue weighted by Crippen LogP contribution is -2.04. The Morgan fingerprint density at radius 1 is 1.62 bits per heavy atom. The molecule has 0 saturated heterocycles. The summed E-state index contributed by atoms with van der Waals surface area (Å²) in [5.74, 6) is -1.11. The second-order valence-electron chi connectivity index (χ2n) is 2.67. The molecule has 4 nitrogen and oxygen atoms in total. The summed E-state index contributed by atoms with van der Waals surface area (Å²) in [6, 6.07) is 4.70. The van der Waals surface area contributed by atoms with E-state index in [1.54, 1.807) is 13.0 Å². The van der Waals surface area contributed by atoms with Gasteiger partial charge in [0.2, 0.25) is 0 Å². The van der Waals surface area contributed by atoms with Crippen LogP contribution < -0.4 is 5.73 Å². The molecule has 13 heavy (non-hydrogen) atoms. The van der Waals surface area contributed by atoms with Crippen molar-refractivity contribution in [1.82, 2.24) is 0 Å². The molecule has 0 spiro atoms. The van der Waals surface area contributed by atoms with E-state index in [4.69, 9.17) is 16.1 Å². The molecule has 0 aliphatic rings. The van der Waals surface area contributed by atoms with Crippen molar-refractivity contribution in [2.75, 3.05) is 5.73 Å². The average Bonchev–Trinajstić information content (AvgIpc) is 2.09. The smallest absolute Gasteiger partial charge is 0.337 e. The number of nitrogen functional groups attached to an aromatic ring is 1. The number of nitriles is 1. The Balaban J connectivity index is 3.44. The molecule has 1 aromatic carbocycles. The Hall–Kier alpha value is -2.02. The van der Waals surface area contributed by atoms with Crippen molar-refractivity contribution in [2.45, 2.75) is 6.92 Å². The number of nitrogens with zero attached hydrogens (tertiary/aromatic N) is 1. The number of hydrogen-bond donors (Lipinski definition) is 2. The number of rotatable bonds is 1. The molecule has 0 amide bonds. The van der Waals surface area contributed by atoms with Crippen molar-refractivity contribution in [3.63, 3.8) is 0 Å². The quantitative estimate of drug-likeness (QED) is 0.628. The van der Waals surface area contributed by atoms with Crippen molar-refractivity contribution in [1.29, 1.82) is 5.26 Å². The van der Waals surface area contributed by atoms with Crippen molar-refractivity contribution in [2.24, 2.45) is 0 Å². The minimum atomic E-state index is -1.11. The summed E-state index contributed by atoms with van der Waals surface area (Å²) in [6.45, 7) is 1.67. The monoisotopic (exact) mass is 176 g/mol. The van der Waals surface area contributed by atoms with Crippen molar-refractivity contribution < 1.29 is 9.90 Å². The Bertz CT molecular complexity index is 405. The topological polar surface area (TPSA) is 87.1 Å². The van der Waals surface area contributed by atoms with E-state index in [0.29, 0.717) is 11.1 Å². The lowest BCUT2D eigenvalue weighted by molar-refractivity contribution is 0.0698. The minimum absolute atomic E-state index is 0.0171. The SMILES string of the molecule is Cc1cc(C#N)cc(C(=O)O)c1N. The first kappa shape index (κ1) is 9.07. The molecule has 0 unspecified atom stereocenters. The van der Waals surface area contributed by atoms with E-state index in [1.807, 2.05) is 6.07 Å². The van der Waals surface area contributed by atoms with E-state index in [1.165, 1.54) is 6.07 Å². The number of aromatic carboxylic acids is 1. The standard InChI is InChI=1S/C9H8N2O2/c1-5-2-6(4-10)3-7(8(5)11)9(12)13/h2-3H,11H2,1H3,(H,12,13). The summed E-state index contributed by atoms with van der Waals surface area (Å²) >= 11 is 0. The third-order valence-electron chi connectivity index (χ3n) is 1.75. The van der Waals surface area contributed by atoms with Crippen LogP contribution in [0.3, 0.4) is 0 Å². The van der Waals surface area contributed by atoms with Gasteiger partial charge in [0.05, 0.1) is 17.2 Å². The van der Waals surface area contributed by atoms with Crippen molar-refractivity contribution >= 4 is 11.7 Å². The third kappa shape index (κ3) is 1.59. The Kier molecular flexibility index (Phi) is 2.20. The second-order valence-corrected chi connectivity index (χ2v) is 2.67. The molecule has 0 saturated carbocycles. The van der Waals surface area contributed by atoms with Crippen molar-refractivity contribution in [3.8, 4) is 6.07 Å². The highest BCUT2D eigenvalue weighted by Crippen LogP contribution is 2.18. The Morgan fingerprint density at radius 3 is 2.69 bits per heavy atom. The number of hydrogen-bond acceptors (Lipinski definition) is 3. The lowest BCUT2D eigenvalue weighted by atomic mass is 10.0. The molecule has 0 atom stereocenters. The highest BCUT2D eigenvalue weighted by atomic mass is 16.4. The van der Waals surface area contributed by atoms with Gasteiger partial charge in [-0.25, -0.2) is 4.79 Å². The summed E-state index contributed by atoms with van der Waals surface area (Å²) < 4.78 is 0. The van der Waals surface area contributed by atoms with Gasteiger partial charge >= 0.3 is 5.97 Å². The zero-order chi connectivity index (χ0) is 10.0. The molecule has 0 fully saturated rings. The van der Waals surface area contributed by atoms with Gasteiger partial charge in [-0.15, -0.1) is 0 Å². The van der Waals surface area contributed by atoms with Crippen LogP contribution >= 0.6 is 0 Å². The average molecular weight is 176 g/mol. The second kappa shape index (κ2) is 3.15. The summed E-state index contributed by atoms with van der Waals surface area (Å²) in [5.41, 5.74) is 6.63. The lowest BCUT2D eigenvalue weighted by Gasteiger charge is -2.04. The van der Waals surface area contributed by atoms with E-state index in [0.717, 1.165) is 0 Å².